The number of urea groups is 1. The summed E-state index contributed by atoms with van der Waals surface area (Å²) in [6.07, 6.45) is 3.35. The number of amides is 2. The highest BCUT2D eigenvalue weighted by atomic mass is 35.5. The second-order valence-corrected chi connectivity index (χ2v) is 7.72. The van der Waals surface area contributed by atoms with Gasteiger partial charge in [-0.15, -0.1) is 0 Å². The van der Waals surface area contributed by atoms with E-state index in [0.29, 0.717) is 30.3 Å². The van der Waals surface area contributed by atoms with Gasteiger partial charge in [0.1, 0.15) is 17.3 Å². The Morgan fingerprint density at radius 2 is 2.00 bits per heavy atom. The first-order chi connectivity index (χ1) is 15.4. The van der Waals surface area contributed by atoms with E-state index in [2.05, 4.69) is 15.6 Å². The number of carbonyl (C=O) groups is 1. The van der Waals surface area contributed by atoms with Crippen molar-refractivity contribution in [3.05, 3.63) is 59.1 Å². The van der Waals surface area contributed by atoms with E-state index < -0.39 is 11.6 Å². The van der Waals surface area contributed by atoms with Gasteiger partial charge in [0.05, 0.1) is 6.04 Å². The molecule has 32 heavy (non-hydrogen) atoms. The molecule has 0 aliphatic carbocycles. The number of halogens is 3. The number of nitrogens with zero attached hydrogens (tertiary/aromatic N) is 4. The van der Waals surface area contributed by atoms with Crippen LogP contribution in [0.4, 0.5) is 25.0 Å². The molecule has 0 saturated carbocycles. The van der Waals surface area contributed by atoms with Gasteiger partial charge in [-0.25, -0.2) is 18.6 Å². The summed E-state index contributed by atoms with van der Waals surface area (Å²) in [5.41, 5.74) is 0.421. The summed E-state index contributed by atoms with van der Waals surface area (Å²) in [6, 6.07) is 9.38. The highest BCUT2D eigenvalue weighted by Crippen LogP contribution is 2.22. The summed E-state index contributed by atoms with van der Waals surface area (Å²) >= 11 is 5.90. The lowest BCUT2D eigenvalue weighted by molar-refractivity contribution is 0.129. The van der Waals surface area contributed by atoms with Crippen molar-refractivity contribution in [3.63, 3.8) is 0 Å². The van der Waals surface area contributed by atoms with Crippen molar-refractivity contribution in [1.82, 2.24) is 15.1 Å². The van der Waals surface area contributed by atoms with Gasteiger partial charge in [0.25, 0.3) is 0 Å². The zero-order chi connectivity index (χ0) is 23.1. The monoisotopic (exact) mass is 460 g/mol. The van der Waals surface area contributed by atoms with Crippen LogP contribution in [-0.4, -0.2) is 47.5 Å². The van der Waals surface area contributed by atoms with Crippen LogP contribution < -0.4 is 10.6 Å². The predicted octanol–water partition coefficient (Wildman–Crippen LogP) is 4.69. The number of hydrogen-bond donors (Lipinski definition) is 2. The SMILES string of the molecule is CCCC1CN(C(=Nc2cc(F)ccc2F)NC#N)CCN1C(=O)Nc1ccc(Cl)cc1. The molecular weight excluding hydrogens is 438 g/mol. The topological polar surface area (TPSA) is 83.8 Å². The maximum absolute atomic E-state index is 14.1. The number of anilines is 1. The van der Waals surface area contributed by atoms with Crippen LogP contribution in [0.15, 0.2) is 47.5 Å². The summed E-state index contributed by atoms with van der Waals surface area (Å²) < 4.78 is 27.6. The fraction of sp³-hybridized carbons (Fsp3) is 0.318. The lowest BCUT2D eigenvalue weighted by Crippen LogP contribution is -2.59. The molecule has 1 aliphatic heterocycles. The van der Waals surface area contributed by atoms with Gasteiger partial charge < -0.3 is 15.1 Å². The minimum absolute atomic E-state index is 0.107. The fourth-order valence-corrected chi connectivity index (χ4v) is 3.66. The molecule has 10 heteroatoms. The molecule has 7 nitrogen and oxygen atoms in total. The largest absolute Gasteiger partial charge is 0.338 e. The molecular formula is C22H23ClF2N6O. The number of rotatable bonds is 4. The molecule has 2 amide bonds. The third kappa shape index (κ3) is 5.86. The van der Waals surface area contributed by atoms with Crippen molar-refractivity contribution >= 4 is 35.0 Å². The first kappa shape index (κ1) is 23.3. The van der Waals surface area contributed by atoms with Crippen LogP contribution in [0.5, 0.6) is 0 Å². The molecule has 1 unspecified atom stereocenters. The molecule has 3 rings (SSSR count). The summed E-state index contributed by atoms with van der Waals surface area (Å²) in [7, 11) is 0. The average molecular weight is 461 g/mol. The Hall–Kier alpha value is -3.38. The molecule has 0 radical (unpaired) electrons. The van der Waals surface area contributed by atoms with Crippen LogP contribution in [-0.2, 0) is 0 Å². The molecule has 1 heterocycles. The van der Waals surface area contributed by atoms with Crippen molar-refractivity contribution in [2.75, 3.05) is 25.0 Å². The van der Waals surface area contributed by atoms with Gasteiger partial charge in [-0.1, -0.05) is 24.9 Å². The number of guanidine groups is 1. The molecule has 168 valence electrons. The number of hydrogen-bond acceptors (Lipinski definition) is 3. The second-order valence-electron chi connectivity index (χ2n) is 7.29. The van der Waals surface area contributed by atoms with E-state index in [9.17, 15) is 13.6 Å². The van der Waals surface area contributed by atoms with Gasteiger partial charge in [0.15, 0.2) is 6.19 Å². The smallest absolute Gasteiger partial charge is 0.322 e. The van der Waals surface area contributed by atoms with Gasteiger partial charge >= 0.3 is 6.03 Å². The van der Waals surface area contributed by atoms with Gasteiger partial charge in [-0.2, -0.15) is 5.26 Å². The third-order valence-electron chi connectivity index (χ3n) is 5.06. The van der Waals surface area contributed by atoms with E-state index in [1.54, 1.807) is 40.3 Å². The summed E-state index contributed by atoms with van der Waals surface area (Å²) in [5, 5.41) is 15.0. The Morgan fingerprint density at radius 1 is 1.25 bits per heavy atom. The van der Waals surface area contributed by atoms with E-state index in [1.165, 1.54) is 0 Å². The minimum Gasteiger partial charge on any atom is -0.338 e. The molecule has 1 fully saturated rings. The molecule has 0 aromatic heterocycles. The maximum Gasteiger partial charge on any atom is 0.322 e. The molecule has 1 atom stereocenters. The Morgan fingerprint density at radius 3 is 2.69 bits per heavy atom. The number of aliphatic imine (C=N–C) groups is 1. The first-order valence-corrected chi connectivity index (χ1v) is 10.6. The molecule has 0 bridgehead atoms. The normalized spacial score (nSPS) is 16.5. The number of nitrogens with one attached hydrogen (secondary N) is 2. The minimum atomic E-state index is -0.699. The van der Waals surface area contributed by atoms with E-state index in [1.807, 2.05) is 6.92 Å². The third-order valence-corrected chi connectivity index (χ3v) is 5.31. The number of nitriles is 1. The van der Waals surface area contributed by atoms with E-state index in [-0.39, 0.29) is 23.7 Å². The molecule has 2 aromatic carbocycles. The lowest BCUT2D eigenvalue weighted by Gasteiger charge is -2.42. The molecule has 2 aromatic rings. The van der Waals surface area contributed by atoms with Crippen LogP contribution in [0.2, 0.25) is 5.02 Å². The zero-order valence-corrected chi connectivity index (χ0v) is 18.2. The molecule has 2 N–H and O–H groups in total. The van der Waals surface area contributed by atoms with Gasteiger partial charge in [-0.05, 0) is 42.8 Å². The lowest BCUT2D eigenvalue weighted by atomic mass is 10.1. The van der Waals surface area contributed by atoms with Crippen LogP contribution in [0.1, 0.15) is 19.8 Å². The number of carbonyl (C=O) groups excluding carboxylic acids is 1. The quantitative estimate of drug-likeness (QED) is 0.300. The zero-order valence-electron chi connectivity index (χ0n) is 17.5. The molecule has 0 spiro atoms. The van der Waals surface area contributed by atoms with Crippen LogP contribution in [0.25, 0.3) is 0 Å². The average Bonchev–Trinajstić information content (AvgIpc) is 2.77. The van der Waals surface area contributed by atoms with E-state index in [0.717, 1.165) is 31.0 Å². The Labute approximate surface area is 190 Å². The van der Waals surface area contributed by atoms with Crippen LogP contribution in [0.3, 0.4) is 0 Å². The fourth-order valence-electron chi connectivity index (χ4n) is 3.54. The van der Waals surface area contributed by atoms with Crippen molar-refractivity contribution in [2.24, 2.45) is 4.99 Å². The van der Waals surface area contributed by atoms with Crippen molar-refractivity contribution in [2.45, 2.75) is 25.8 Å². The maximum atomic E-state index is 14.1. The molecule has 1 saturated heterocycles. The number of piperazine rings is 1. The Kier molecular flexibility index (Phi) is 7.84. The summed E-state index contributed by atoms with van der Waals surface area (Å²) in [6.45, 7) is 3.12. The van der Waals surface area contributed by atoms with Crippen molar-refractivity contribution < 1.29 is 13.6 Å². The van der Waals surface area contributed by atoms with E-state index in [4.69, 9.17) is 16.9 Å². The highest BCUT2D eigenvalue weighted by molar-refractivity contribution is 6.30. The second kappa shape index (κ2) is 10.8. The molecule has 1 aliphatic rings. The Bertz CT molecular complexity index is 1020. The first-order valence-electron chi connectivity index (χ1n) is 10.2. The van der Waals surface area contributed by atoms with Gasteiger partial charge in [-0.3, -0.25) is 5.32 Å². The standard InChI is InChI=1S/C22H23ClF2N6O/c1-2-3-18-13-30(21(27-14-26)29-20-12-16(24)6-9-19(20)25)10-11-31(18)22(32)28-17-7-4-15(23)5-8-17/h4-9,12,18H,2-3,10-11,13H2,1H3,(H,27,29)(H,28,32). The van der Waals surface area contributed by atoms with Crippen molar-refractivity contribution in [1.29, 1.82) is 5.26 Å². The van der Waals surface area contributed by atoms with Crippen LogP contribution >= 0.6 is 11.6 Å². The number of benzene rings is 2. The van der Waals surface area contributed by atoms with Crippen LogP contribution in [0, 0.1) is 23.1 Å². The van der Waals surface area contributed by atoms with Gasteiger partial charge in [0.2, 0.25) is 5.96 Å². The summed E-state index contributed by atoms with van der Waals surface area (Å²) in [4.78, 5) is 20.5. The summed E-state index contributed by atoms with van der Waals surface area (Å²) in [5.74, 6) is -1.22. The van der Waals surface area contributed by atoms with Gasteiger partial charge in [0, 0.05) is 36.4 Å². The van der Waals surface area contributed by atoms with Crippen molar-refractivity contribution in [3.8, 4) is 6.19 Å². The Balaban J connectivity index is 1.78. The van der Waals surface area contributed by atoms with E-state index >= 15 is 0 Å². The highest BCUT2D eigenvalue weighted by Gasteiger charge is 2.31. The predicted molar refractivity (Wildman–Crippen MR) is 120 cm³/mol.